The van der Waals surface area contributed by atoms with Crippen LogP contribution < -0.4 is 4.31 Å². The zero-order chi connectivity index (χ0) is 19.9. The van der Waals surface area contributed by atoms with Gasteiger partial charge in [0, 0.05) is 17.8 Å². The topological polar surface area (TPSA) is 100 Å². The summed E-state index contributed by atoms with van der Waals surface area (Å²) in [5.74, 6) is 0. The van der Waals surface area contributed by atoms with Gasteiger partial charge in [-0.3, -0.25) is 13.8 Å². The van der Waals surface area contributed by atoms with E-state index >= 15 is 0 Å². The Bertz CT molecular complexity index is 1320. The summed E-state index contributed by atoms with van der Waals surface area (Å²) >= 11 is -0.788. The van der Waals surface area contributed by atoms with Crippen LogP contribution in [0.15, 0.2) is 59.1 Å². The molecule has 0 aliphatic heterocycles. The molecule has 0 aliphatic rings. The van der Waals surface area contributed by atoms with E-state index in [1.165, 1.54) is 27.9 Å². The quantitative estimate of drug-likeness (QED) is 0.484. The van der Waals surface area contributed by atoms with Crippen molar-refractivity contribution in [1.29, 1.82) is 0 Å². The van der Waals surface area contributed by atoms with Crippen molar-refractivity contribution in [1.82, 2.24) is 9.97 Å². The van der Waals surface area contributed by atoms with Crippen molar-refractivity contribution in [2.24, 2.45) is 0 Å². The Hall–Kier alpha value is -2.40. The fourth-order valence-corrected chi connectivity index (χ4v) is 5.08. The first-order valence-electron chi connectivity index (χ1n) is 8.13. The third kappa shape index (κ3) is 3.51. The number of para-hydroxylation sites is 1. The molecule has 0 spiro atoms. The average Bonchev–Trinajstić information content (AvgIpc) is 3.12. The summed E-state index contributed by atoms with van der Waals surface area (Å²) in [7, 11) is -3.45. The van der Waals surface area contributed by atoms with Crippen LogP contribution in [0, 0.1) is 0 Å². The van der Waals surface area contributed by atoms with E-state index in [0.29, 0.717) is 22.2 Å². The first kappa shape index (κ1) is 18.9. The first-order valence-corrected chi connectivity index (χ1v) is 12.0. The smallest absolute Gasteiger partial charge is 0.262 e. The number of sulfone groups is 1. The molecule has 1 N–H and O–H groups in total. The molecule has 0 saturated carbocycles. The minimum absolute atomic E-state index is 0.102. The van der Waals surface area contributed by atoms with Gasteiger partial charge in [-0.15, -0.1) is 11.3 Å². The molecule has 1 atom stereocenters. The number of thiazole rings is 1. The second kappa shape index (κ2) is 7.21. The Balaban J connectivity index is 1.81. The maximum absolute atomic E-state index is 12.1. The van der Waals surface area contributed by atoms with Crippen LogP contribution in [0.25, 0.3) is 21.1 Å². The van der Waals surface area contributed by atoms with Crippen LogP contribution in [0.4, 0.5) is 5.69 Å². The minimum Gasteiger partial charge on any atom is -0.289 e. The lowest BCUT2D eigenvalue weighted by Gasteiger charge is -2.21. The second-order valence-electron chi connectivity index (χ2n) is 6.17. The van der Waals surface area contributed by atoms with Gasteiger partial charge in [0.05, 0.1) is 38.4 Å². The number of fused-ring (bicyclic) bond motifs is 2. The molecule has 2 heterocycles. The summed E-state index contributed by atoms with van der Waals surface area (Å²) in [6, 6.07) is 12.0. The summed E-state index contributed by atoms with van der Waals surface area (Å²) in [5, 5.41) is 0.621. The summed E-state index contributed by atoms with van der Waals surface area (Å²) in [5.41, 5.74) is 4.05. The van der Waals surface area contributed by atoms with Crippen LogP contribution in [0.2, 0.25) is 0 Å². The number of aromatic nitrogens is 2. The number of hydrogen-bond acceptors (Lipinski definition) is 6. The van der Waals surface area contributed by atoms with E-state index in [2.05, 4.69) is 9.97 Å². The molecular formula is C18H15N3O4S3. The fraction of sp³-hybridized carbons (Fsp3) is 0.111. The predicted molar refractivity (Wildman–Crippen MR) is 111 cm³/mol. The molecular weight excluding hydrogens is 418 g/mol. The number of rotatable bonds is 5. The highest BCUT2D eigenvalue weighted by Gasteiger charge is 2.18. The van der Waals surface area contributed by atoms with E-state index in [-0.39, 0.29) is 11.4 Å². The molecule has 0 aliphatic carbocycles. The van der Waals surface area contributed by atoms with Crippen LogP contribution in [0.3, 0.4) is 0 Å². The van der Waals surface area contributed by atoms with Gasteiger partial charge < -0.3 is 0 Å². The molecule has 1 unspecified atom stereocenters. The van der Waals surface area contributed by atoms with Crippen molar-refractivity contribution in [3.8, 4) is 0 Å². The zero-order valence-electron chi connectivity index (χ0n) is 14.6. The normalized spacial score (nSPS) is 13.1. The van der Waals surface area contributed by atoms with E-state index in [1.54, 1.807) is 35.8 Å². The van der Waals surface area contributed by atoms with Crippen molar-refractivity contribution in [3.63, 3.8) is 0 Å². The molecule has 0 fully saturated rings. The molecule has 10 heteroatoms. The van der Waals surface area contributed by atoms with Crippen LogP contribution in [0.5, 0.6) is 0 Å². The molecule has 144 valence electrons. The van der Waals surface area contributed by atoms with Gasteiger partial charge in [0.15, 0.2) is 9.84 Å². The fourth-order valence-electron chi connectivity index (χ4n) is 3.04. The lowest BCUT2D eigenvalue weighted by Crippen LogP contribution is -2.24. The monoisotopic (exact) mass is 433 g/mol. The molecule has 2 aromatic carbocycles. The Morgan fingerprint density at radius 1 is 1.18 bits per heavy atom. The molecule has 4 aromatic rings. The van der Waals surface area contributed by atoms with Crippen LogP contribution in [0.1, 0.15) is 5.56 Å². The largest absolute Gasteiger partial charge is 0.289 e. The van der Waals surface area contributed by atoms with Gasteiger partial charge in [0.2, 0.25) is 0 Å². The molecule has 7 nitrogen and oxygen atoms in total. The number of hydrogen-bond donors (Lipinski definition) is 1. The lowest BCUT2D eigenvalue weighted by atomic mass is 10.1. The van der Waals surface area contributed by atoms with Crippen LogP contribution >= 0.6 is 11.3 Å². The number of pyridine rings is 1. The number of anilines is 1. The third-order valence-corrected chi connectivity index (χ3v) is 6.98. The van der Waals surface area contributed by atoms with Gasteiger partial charge >= 0.3 is 0 Å². The van der Waals surface area contributed by atoms with E-state index in [9.17, 15) is 17.2 Å². The maximum atomic E-state index is 12.1. The highest BCUT2D eigenvalue weighted by atomic mass is 32.2. The summed E-state index contributed by atoms with van der Waals surface area (Å²) in [6.45, 7) is 0.102. The van der Waals surface area contributed by atoms with E-state index < -0.39 is 21.1 Å². The van der Waals surface area contributed by atoms with Gasteiger partial charge in [-0.05, 0) is 35.9 Å². The standard InChI is InChI=1S/C18H15N3O4S3/c1-28(24,25)17-4-2-3-14-12(7-8-19-18(14)17)10-21(27(22)23)13-5-6-16-15(9-13)20-11-26-16/h2-9,11H,10H2,1H3,(H,22,23). The van der Waals surface area contributed by atoms with Crippen molar-refractivity contribution in [2.45, 2.75) is 11.4 Å². The molecule has 4 rings (SSSR count). The van der Waals surface area contributed by atoms with Gasteiger partial charge in [0.25, 0.3) is 11.3 Å². The van der Waals surface area contributed by atoms with Gasteiger partial charge in [-0.2, -0.15) is 0 Å². The first-order chi connectivity index (χ1) is 13.3. The van der Waals surface area contributed by atoms with E-state index in [4.69, 9.17) is 0 Å². The molecule has 2 aromatic heterocycles. The Morgan fingerprint density at radius 3 is 2.75 bits per heavy atom. The third-order valence-electron chi connectivity index (χ3n) is 4.33. The van der Waals surface area contributed by atoms with Gasteiger partial charge in [-0.1, -0.05) is 12.1 Å². The average molecular weight is 434 g/mol. The minimum atomic E-state index is -3.45. The highest BCUT2D eigenvalue weighted by molar-refractivity contribution is 7.91. The zero-order valence-corrected chi connectivity index (χ0v) is 17.1. The van der Waals surface area contributed by atoms with E-state index in [1.807, 2.05) is 6.07 Å². The predicted octanol–water partition coefficient (Wildman–Crippen LogP) is 3.39. The van der Waals surface area contributed by atoms with E-state index in [0.717, 1.165) is 16.5 Å². The molecule has 0 radical (unpaired) electrons. The molecule has 0 amide bonds. The van der Waals surface area contributed by atoms with Crippen LogP contribution in [-0.2, 0) is 27.6 Å². The van der Waals surface area contributed by atoms with Gasteiger partial charge in [-0.25, -0.2) is 17.6 Å². The molecule has 0 saturated heterocycles. The maximum Gasteiger partial charge on any atom is 0.262 e. The Kier molecular flexibility index (Phi) is 4.88. The summed E-state index contributed by atoms with van der Waals surface area (Å²) < 4.78 is 48.4. The van der Waals surface area contributed by atoms with Crippen LogP contribution in [-0.4, -0.2) is 33.4 Å². The number of benzene rings is 2. The number of nitrogens with zero attached hydrogens (tertiary/aromatic N) is 3. The van der Waals surface area contributed by atoms with Crippen molar-refractivity contribution >= 4 is 59.2 Å². The molecule has 28 heavy (non-hydrogen) atoms. The Morgan fingerprint density at radius 2 is 2.00 bits per heavy atom. The highest BCUT2D eigenvalue weighted by Crippen LogP contribution is 2.29. The van der Waals surface area contributed by atoms with Gasteiger partial charge in [0.1, 0.15) is 0 Å². The lowest BCUT2D eigenvalue weighted by molar-refractivity contribution is 0.558. The molecule has 0 bridgehead atoms. The summed E-state index contributed by atoms with van der Waals surface area (Å²) in [4.78, 5) is 8.61. The van der Waals surface area contributed by atoms with Crippen molar-refractivity contribution < 1.29 is 17.2 Å². The van der Waals surface area contributed by atoms with Crippen molar-refractivity contribution in [2.75, 3.05) is 10.6 Å². The summed E-state index contributed by atoms with van der Waals surface area (Å²) in [6.07, 6.45) is 2.64. The van der Waals surface area contributed by atoms with Crippen molar-refractivity contribution in [3.05, 3.63) is 59.7 Å². The SMILES string of the molecule is CS(=O)(=O)c1cccc2c(CN(c3ccc4scnc4c3)S(=O)O)ccnc12. The second-order valence-corrected chi connectivity index (χ2v) is 9.94. The Labute approximate surface area is 168 Å².